The summed E-state index contributed by atoms with van der Waals surface area (Å²) in [5.74, 6) is -0.287. The van der Waals surface area contributed by atoms with Crippen molar-refractivity contribution in [1.29, 1.82) is 0 Å². The Balaban J connectivity index is 1.81. The van der Waals surface area contributed by atoms with Crippen molar-refractivity contribution in [3.8, 4) is 11.3 Å². The second kappa shape index (κ2) is 5.75. The van der Waals surface area contributed by atoms with Gasteiger partial charge in [-0.1, -0.05) is 36.1 Å². The topological polar surface area (TPSA) is 42.2 Å². The molecule has 23 heavy (non-hydrogen) atoms. The first kappa shape index (κ1) is 14.3. The van der Waals surface area contributed by atoms with Gasteiger partial charge in [-0.3, -0.25) is 0 Å². The summed E-state index contributed by atoms with van der Waals surface area (Å²) in [6.07, 6.45) is 5.55. The van der Waals surface area contributed by atoms with Crippen molar-refractivity contribution in [2.24, 2.45) is 0 Å². The first-order valence-electron chi connectivity index (χ1n) is 6.96. The van der Waals surface area contributed by atoms with E-state index in [-0.39, 0.29) is 5.82 Å². The van der Waals surface area contributed by atoms with Gasteiger partial charge in [-0.15, -0.1) is 0 Å². The van der Waals surface area contributed by atoms with Gasteiger partial charge >= 0.3 is 0 Å². The van der Waals surface area contributed by atoms with Crippen LogP contribution in [0.4, 0.5) is 4.39 Å². The molecule has 0 amide bonds. The normalized spacial score (nSPS) is 16.2. The Morgan fingerprint density at radius 2 is 2.17 bits per heavy atom. The average molecular weight is 342 g/mol. The lowest BCUT2D eigenvalue weighted by atomic mass is 10.1. The Hall–Kier alpha value is -2.25. The van der Waals surface area contributed by atoms with Gasteiger partial charge in [0.1, 0.15) is 10.1 Å². The van der Waals surface area contributed by atoms with Gasteiger partial charge in [0.05, 0.1) is 11.9 Å². The van der Waals surface area contributed by atoms with Crippen molar-refractivity contribution in [2.75, 3.05) is 6.54 Å². The Morgan fingerprint density at radius 3 is 2.96 bits per heavy atom. The number of hydrogen-bond donors (Lipinski definition) is 1. The molecule has 1 aromatic carbocycles. The van der Waals surface area contributed by atoms with Crippen molar-refractivity contribution in [3.63, 3.8) is 0 Å². The smallest absolute Gasteiger partial charge is 0.162 e. The highest BCUT2D eigenvalue weighted by atomic mass is 32.2. The molecule has 1 saturated heterocycles. The number of halogens is 1. The summed E-state index contributed by atoms with van der Waals surface area (Å²) in [6, 6.07) is 8.38. The van der Waals surface area contributed by atoms with Crippen LogP contribution in [0.3, 0.4) is 0 Å². The third kappa shape index (κ3) is 2.73. The second-order valence-electron chi connectivity index (χ2n) is 5.01. The highest BCUT2D eigenvalue weighted by molar-refractivity contribution is 8.26. The van der Waals surface area contributed by atoms with E-state index in [0.717, 1.165) is 14.8 Å². The van der Waals surface area contributed by atoms with Crippen LogP contribution in [-0.4, -0.2) is 25.5 Å². The lowest BCUT2D eigenvalue weighted by molar-refractivity contribution is 0.630. The van der Waals surface area contributed by atoms with E-state index >= 15 is 0 Å². The molecule has 0 spiro atoms. The van der Waals surface area contributed by atoms with Gasteiger partial charge in [0, 0.05) is 28.8 Å². The molecule has 0 aliphatic carbocycles. The number of rotatable bonds is 2. The van der Waals surface area contributed by atoms with Crippen LogP contribution >= 0.6 is 24.0 Å². The SMILES string of the molecule is Fc1ccccc1-c1ccn2ncc(/C=C3/CNC(=S)S3)c2n1. The van der Waals surface area contributed by atoms with Gasteiger partial charge in [0.25, 0.3) is 0 Å². The zero-order valence-corrected chi connectivity index (χ0v) is 13.5. The number of aromatic nitrogens is 3. The fraction of sp³-hybridized carbons (Fsp3) is 0.0625. The van der Waals surface area contributed by atoms with Crippen molar-refractivity contribution in [2.45, 2.75) is 0 Å². The van der Waals surface area contributed by atoms with Crippen molar-refractivity contribution >= 4 is 40.0 Å². The van der Waals surface area contributed by atoms with E-state index in [2.05, 4.69) is 15.4 Å². The Bertz CT molecular complexity index is 948. The Morgan fingerprint density at radius 1 is 1.30 bits per heavy atom. The number of hydrogen-bond acceptors (Lipinski definition) is 4. The minimum absolute atomic E-state index is 0.287. The number of nitrogens with zero attached hydrogens (tertiary/aromatic N) is 3. The van der Waals surface area contributed by atoms with Crippen LogP contribution in [0, 0.1) is 5.82 Å². The molecule has 7 heteroatoms. The highest BCUT2D eigenvalue weighted by Gasteiger charge is 2.14. The molecule has 1 N–H and O–H groups in total. The molecule has 4 nitrogen and oxygen atoms in total. The van der Waals surface area contributed by atoms with Crippen molar-refractivity contribution < 1.29 is 4.39 Å². The number of thiocarbonyl (C=S) groups is 1. The third-order valence-electron chi connectivity index (χ3n) is 3.49. The van der Waals surface area contributed by atoms with Crippen molar-refractivity contribution in [3.05, 3.63) is 59.0 Å². The molecule has 0 bridgehead atoms. The van der Waals surface area contributed by atoms with E-state index in [1.807, 2.05) is 6.08 Å². The summed E-state index contributed by atoms with van der Waals surface area (Å²) < 4.78 is 16.4. The molecule has 2 aromatic heterocycles. The van der Waals surface area contributed by atoms with E-state index in [0.29, 0.717) is 23.4 Å². The minimum Gasteiger partial charge on any atom is -0.366 e. The van der Waals surface area contributed by atoms with Gasteiger partial charge in [-0.05, 0) is 24.3 Å². The van der Waals surface area contributed by atoms with Gasteiger partial charge in [-0.25, -0.2) is 13.9 Å². The Labute approximate surface area is 141 Å². The standard InChI is InChI=1S/C16H11FN4S2/c17-13-4-2-1-3-12(13)14-5-6-21-15(20-14)10(8-19-21)7-11-9-18-16(22)23-11/h1-8H,9H2,(H,18,22)/b11-7-. The summed E-state index contributed by atoms with van der Waals surface area (Å²) in [5.41, 5.74) is 2.64. The predicted molar refractivity (Wildman–Crippen MR) is 94.5 cm³/mol. The lowest BCUT2D eigenvalue weighted by Crippen LogP contribution is -2.09. The van der Waals surface area contributed by atoms with Crippen LogP contribution in [0.25, 0.3) is 23.0 Å². The number of nitrogens with one attached hydrogen (secondary N) is 1. The first-order chi connectivity index (χ1) is 11.2. The molecular formula is C16H11FN4S2. The summed E-state index contributed by atoms with van der Waals surface area (Å²) in [5, 5.41) is 7.39. The second-order valence-corrected chi connectivity index (χ2v) is 6.82. The molecule has 114 valence electrons. The third-order valence-corrected chi connectivity index (χ3v) is 4.74. The van der Waals surface area contributed by atoms with Gasteiger partial charge in [0.15, 0.2) is 5.65 Å². The first-order valence-corrected chi connectivity index (χ1v) is 8.19. The van der Waals surface area contributed by atoms with E-state index in [1.54, 1.807) is 41.2 Å². The van der Waals surface area contributed by atoms with Crippen LogP contribution in [0.2, 0.25) is 0 Å². The zero-order chi connectivity index (χ0) is 15.8. The maximum Gasteiger partial charge on any atom is 0.162 e. The molecule has 3 heterocycles. The number of benzene rings is 1. The molecule has 1 aliphatic rings. The van der Waals surface area contributed by atoms with E-state index < -0.39 is 0 Å². The van der Waals surface area contributed by atoms with Gasteiger partial charge in [0.2, 0.25) is 0 Å². The van der Waals surface area contributed by atoms with Crippen LogP contribution in [-0.2, 0) is 0 Å². The monoisotopic (exact) mass is 342 g/mol. The average Bonchev–Trinajstić information content (AvgIpc) is 3.14. The van der Waals surface area contributed by atoms with Gasteiger partial charge < -0.3 is 5.32 Å². The summed E-state index contributed by atoms with van der Waals surface area (Å²) >= 11 is 6.65. The van der Waals surface area contributed by atoms with Crippen LogP contribution in [0.15, 0.2) is 47.6 Å². The Kier molecular flexibility index (Phi) is 3.59. The quantitative estimate of drug-likeness (QED) is 0.722. The molecule has 0 radical (unpaired) electrons. The highest BCUT2D eigenvalue weighted by Crippen LogP contribution is 2.27. The molecule has 0 atom stereocenters. The summed E-state index contributed by atoms with van der Waals surface area (Å²) in [7, 11) is 0. The number of fused-ring (bicyclic) bond motifs is 1. The zero-order valence-electron chi connectivity index (χ0n) is 11.9. The largest absolute Gasteiger partial charge is 0.366 e. The fourth-order valence-electron chi connectivity index (χ4n) is 2.41. The number of thioether (sulfide) groups is 1. The van der Waals surface area contributed by atoms with Crippen LogP contribution in [0.5, 0.6) is 0 Å². The summed E-state index contributed by atoms with van der Waals surface area (Å²) in [6.45, 7) is 0.716. The maximum atomic E-state index is 14.0. The molecule has 3 aromatic rings. The van der Waals surface area contributed by atoms with E-state index in [1.165, 1.54) is 17.8 Å². The minimum atomic E-state index is -0.287. The molecule has 0 saturated carbocycles. The summed E-state index contributed by atoms with van der Waals surface area (Å²) in [4.78, 5) is 5.69. The molecular weight excluding hydrogens is 331 g/mol. The fourth-order valence-corrected chi connectivity index (χ4v) is 3.52. The van der Waals surface area contributed by atoms with E-state index in [9.17, 15) is 4.39 Å². The molecule has 1 aliphatic heterocycles. The lowest BCUT2D eigenvalue weighted by Gasteiger charge is -2.03. The molecule has 1 fully saturated rings. The van der Waals surface area contributed by atoms with Gasteiger partial charge in [-0.2, -0.15) is 5.10 Å². The maximum absolute atomic E-state index is 14.0. The van der Waals surface area contributed by atoms with Crippen molar-refractivity contribution in [1.82, 2.24) is 19.9 Å². The molecule has 4 rings (SSSR count). The van der Waals surface area contributed by atoms with Crippen LogP contribution in [0.1, 0.15) is 5.56 Å². The molecule has 0 unspecified atom stereocenters. The predicted octanol–water partition coefficient (Wildman–Crippen LogP) is 3.50. The van der Waals surface area contributed by atoms with E-state index in [4.69, 9.17) is 12.2 Å². The van der Waals surface area contributed by atoms with Crippen LogP contribution < -0.4 is 5.32 Å².